The molecule has 0 saturated carbocycles. The van der Waals surface area contributed by atoms with Crippen molar-refractivity contribution in [2.24, 2.45) is 10.2 Å². The first kappa shape index (κ1) is 25.6. The highest BCUT2D eigenvalue weighted by molar-refractivity contribution is 7.80. The number of hydrogen-bond acceptors (Lipinski definition) is 4. The van der Waals surface area contributed by atoms with Crippen LogP contribution < -0.4 is 16.0 Å². The number of nitrogens with one attached hydrogen (secondary N) is 3. The third-order valence-corrected chi connectivity index (χ3v) is 5.15. The molecule has 0 spiro atoms. The van der Waals surface area contributed by atoms with E-state index in [4.69, 9.17) is 47.0 Å². The van der Waals surface area contributed by atoms with Crippen molar-refractivity contribution in [1.82, 2.24) is 10.6 Å². The van der Waals surface area contributed by atoms with Crippen molar-refractivity contribution in [3.8, 4) is 0 Å². The average molecular weight is 533 g/mol. The van der Waals surface area contributed by atoms with Crippen LogP contribution in [0.2, 0.25) is 0 Å². The van der Waals surface area contributed by atoms with E-state index in [1.54, 1.807) is 30.3 Å². The second-order valence-corrected chi connectivity index (χ2v) is 9.69. The van der Waals surface area contributed by atoms with Gasteiger partial charge in [-0.1, -0.05) is 83.3 Å². The molecule has 0 aliphatic heterocycles. The summed E-state index contributed by atoms with van der Waals surface area (Å²) < 4.78 is -1.86. The Morgan fingerprint density at radius 3 is 1.97 bits per heavy atom. The first-order valence-corrected chi connectivity index (χ1v) is 11.6. The standard InChI is InChI=1S/C24H20Cl3N5OS/c25-24(26,27)22(29-21(33)16-11-17-7-3-1-4-8-17)30-23(34)28-18-12-14-20(15-13-18)32-31-19-9-5-2-6-10-19/h1-16,22H,(H,29,33)(H2,28,30,34)/b16-11-,32-31?/t22-/m1/s1. The van der Waals surface area contributed by atoms with Gasteiger partial charge in [0.05, 0.1) is 11.4 Å². The van der Waals surface area contributed by atoms with E-state index in [1.807, 2.05) is 60.7 Å². The largest absolute Gasteiger partial charge is 0.339 e. The number of benzene rings is 3. The Balaban J connectivity index is 1.56. The van der Waals surface area contributed by atoms with Crippen molar-refractivity contribution >= 4 is 81.2 Å². The van der Waals surface area contributed by atoms with Gasteiger partial charge in [0.2, 0.25) is 9.70 Å². The summed E-state index contributed by atoms with van der Waals surface area (Å²) in [5.41, 5.74) is 2.97. The van der Waals surface area contributed by atoms with Crippen LogP contribution in [0.15, 0.2) is 101 Å². The fourth-order valence-corrected chi connectivity index (χ4v) is 3.21. The molecular formula is C24H20Cl3N5OS. The fourth-order valence-electron chi connectivity index (χ4n) is 2.65. The molecule has 3 N–H and O–H groups in total. The van der Waals surface area contributed by atoms with E-state index < -0.39 is 15.9 Å². The number of amides is 1. The quantitative estimate of drug-likeness (QED) is 0.102. The minimum atomic E-state index is -1.86. The Morgan fingerprint density at radius 2 is 1.38 bits per heavy atom. The summed E-state index contributed by atoms with van der Waals surface area (Å²) in [6.07, 6.45) is 1.92. The van der Waals surface area contributed by atoms with Gasteiger partial charge in [0, 0.05) is 11.8 Å². The summed E-state index contributed by atoms with van der Waals surface area (Å²) in [5, 5.41) is 16.9. The number of thiocarbonyl (C=S) groups is 1. The molecule has 0 fully saturated rings. The van der Waals surface area contributed by atoms with Crippen LogP contribution in [0.25, 0.3) is 6.08 Å². The lowest BCUT2D eigenvalue weighted by molar-refractivity contribution is -0.117. The first-order chi connectivity index (χ1) is 16.3. The maximum atomic E-state index is 12.3. The second-order valence-electron chi connectivity index (χ2n) is 6.91. The summed E-state index contributed by atoms with van der Waals surface area (Å²) >= 11 is 23.4. The molecule has 0 bridgehead atoms. The summed E-state index contributed by atoms with van der Waals surface area (Å²) in [6, 6.07) is 25.9. The van der Waals surface area contributed by atoms with E-state index in [2.05, 4.69) is 26.2 Å². The molecule has 34 heavy (non-hydrogen) atoms. The number of nitrogens with zero attached hydrogens (tertiary/aromatic N) is 2. The van der Waals surface area contributed by atoms with Gasteiger partial charge in [-0.3, -0.25) is 4.79 Å². The molecule has 0 saturated heterocycles. The van der Waals surface area contributed by atoms with Crippen molar-refractivity contribution in [2.45, 2.75) is 9.96 Å². The maximum Gasteiger partial charge on any atom is 0.245 e. The predicted molar refractivity (Wildman–Crippen MR) is 144 cm³/mol. The smallest absolute Gasteiger partial charge is 0.245 e. The topological polar surface area (TPSA) is 77.9 Å². The Bertz CT molecular complexity index is 1150. The number of carbonyl (C=O) groups is 1. The molecule has 0 heterocycles. The zero-order valence-corrected chi connectivity index (χ0v) is 20.7. The molecule has 6 nitrogen and oxygen atoms in total. The van der Waals surface area contributed by atoms with Gasteiger partial charge in [0.1, 0.15) is 6.17 Å². The molecule has 3 aromatic carbocycles. The van der Waals surface area contributed by atoms with Crippen molar-refractivity contribution in [2.75, 3.05) is 5.32 Å². The molecule has 174 valence electrons. The van der Waals surface area contributed by atoms with E-state index in [-0.39, 0.29) is 5.11 Å². The van der Waals surface area contributed by atoms with Crippen LogP contribution in [0.3, 0.4) is 0 Å². The van der Waals surface area contributed by atoms with Gasteiger partial charge in [-0.15, -0.1) is 0 Å². The zero-order valence-electron chi connectivity index (χ0n) is 17.7. The Morgan fingerprint density at radius 1 is 0.824 bits per heavy atom. The highest BCUT2D eigenvalue weighted by Gasteiger charge is 2.34. The van der Waals surface area contributed by atoms with Crippen LogP contribution in [0.5, 0.6) is 0 Å². The number of azo groups is 1. The maximum absolute atomic E-state index is 12.3. The highest BCUT2D eigenvalue weighted by Crippen LogP contribution is 2.29. The Kier molecular flexibility index (Phi) is 9.42. The summed E-state index contributed by atoms with van der Waals surface area (Å²) in [7, 11) is 0. The normalized spacial score (nSPS) is 12.4. The minimum Gasteiger partial charge on any atom is -0.339 e. The molecule has 3 aromatic rings. The lowest BCUT2D eigenvalue weighted by atomic mass is 10.2. The molecule has 0 radical (unpaired) electrons. The van der Waals surface area contributed by atoms with Crippen molar-refractivity contribution in [1.29, 1.82) is 0 Å². The molecule has 3 rings (SSSR count). The van der Waals surface area contributed by atoms with E-state index in [0.717, 1.165) is 11.3 Å². The van der Waals surface area contributed by atoms with Gasteiger partial charge in [0.15, 0.2) is 5.11 Å². The van der Waals surface area contributed by atoms with Crippen LogP contribution in [0.4, 0.5) is 17.1 Å². The van der Waals surface area contributed by atoms with Crippen molar-refractivity contribution in [3.05, 3.63) is 96.6 Å². The van der Waals surface area contributed by atoms with Crippen LogP contribution in [0.1, 0.15) is 5.56 Å². The predicted octanol–water partition coefficient (Wildman–Crippen LogP) is 6.91. The summed E-state index contributed by atoms with van der Waals surface area (Å²) in [6.45, 7) is 0. The van der Waals surface area contributed by atoms with Crippen LogP contribution in [0, 0.1) is 0 Å². The number of halogens is 3. The molecule has 0 aliphatic carbocycles. The molecule has 1 amide bonds. The number of carbonyl (C=O) groups excluding carboxylic acids is 1. The van der Waals surface area contributed by atoms with Crippen molar-refractivity contribution < 1.29 is 4.79 Å². The van der Waals surface area contributed by atoms with Crippen LogP contribution >= 0.6 is 47.0 Å². The third kappa shape index (κ3) is 8.76. The molecular weight excluding hydrogens is 513 g/mol. The Hall–Kier alpha value is -2.97. The summed E-state index contributed by atoms with van der Waals surface area (Å²) in [5.74, 6) is -0.455. The minimum absolute atomic E-state index is 0.155. The molecule has 0 aliphatic rings. The lowest BCUT2D eigenvalue weighted by Crippen LogP contribution is -2.55. The van der Waals surface area contributed by atoms with Gasteiger partial charge < -0.3 is 16.0 Å². The number of anilines is 1. The zero-order chi connectivity index (χ0) is 24.4. The van der Waals surface area contributed by atoms with Gasteiger partial charge in [-0.25, -0.2) is 0 Å². The number of alkyl halides is 3. The van der Waals surface area contributed by atoms with E-state index in [0.29, 0.717) is 11.4 Å². The fraction of sp³-hybridized carbons (Fsp3) is 0.0833. The van der Waals surface area contributed by atoms with E-state index in [9.17, 15) is 4.79 Å². The van der Waals surface area contributed by atoms with Gasteiger partial charge in [-0.05, 0) is 60.3 Å². The SMILES string of the molecule is O=C(/C=C\c1ccccc1)N[C@H](NC(=S)Nc1ccc(N=Nc2ccccc2)cc1)C(Cl)(Cl)Cl. The molecule has 0 unspecified atom stereocenters. The number of rotatable bonds is 7. The second kappa shape index (κ2) is 12.5. The van der Waals surface area contributed by atoms with Crippen LogP contribution in [-0.4, -0.2) is 21.0 Å². The molecule has 10 heteroatoms. The molecule has 0 aromatic heterocycles. The van der Waals surface area contributed by atoms with Crippen LogP contribution in [-0.2, 0) is 4.79 Å². The average Bonchev–Trinajstić information content (AvgIpc) is 2.82. The van der Waals surface area contributed by atoms with Gasteiger partial charge in [-0.2, -0.15) is 10.2 Å². The van der Waals surface area contributed by atoms with E-state index in [1.165, 1.54) is 6.08 Å². The third-order valence-electron chi connectivity index (χ3n) is 4.28. The van der Waals surface area contributed by atoms with Crippen molar-refractivity contribution in [3.63, 3.8) is 0 Å². The lowest BCUT2D eigenvalue weighted by Gasteiger charge is -2.27. The monoisotopic (exact) mass is 531 g/mol. The van der Waals surface area contributed by atoms with Gasteiger partial charge >= 0.3 is 0 Å². The Labute approximate surface area is 218 Å². The van der Waals surface area contributed by atoms with E-state index >= 15 is 0 Å². The van der Waals surface area contributed by atoms with Gasteiger partial charge in [0.25, 0.3) is 0 Å². The summed E-state index contributed by atoms with van der Waals surface area (Å²) in [4.78, 5) is 12.3. The molecule has 1 atom stereocenters. The first-order valence-electron chi connectivity index (χ1n) is 10.0. The highest BCUT2D eigenvalue weighted by atomic mass is 35.6. The number of hydrogen-bond donors (Lipinski definition) is 3.